The summed E-state index contributed by atoms with van der Waals surface area (Å²) in [6, 6.07) is -0.923. The van der Waals surface area contributed by atoms with Crippen molar-refractivity contribution >= 4 is 18.0 Å². The van der Waals surface area contributed by atoms with Crippen molar-refractivity contribution in [2.24, 2.45) is 27.9 Å². The summed E-state index contributed by atoms with van der Waals surface area (Å²) in [7, 11) is 0. The molecule has 0 radical (unpaired) electrons. The van der Waals surface area contributed by atoms with Gasteiger partial charge in [-0.3, -0.25) is 4.99 Å². The highest BCUT2D eigenvalue weighted by Gasteiger charge is 2.17. The summed E-state index contributed by atoms with van der Waals surface area (Å²) >= 11 is 0. The molecular weight excluding hydrogens is 218 g/mol. The topological polar surface area (TPSA) is 169 Å². The van der Waals surface area contributed by atoms with Crippen LogP contribution < -0.4 is 22.9 Å². The lowest BCUT2D eigenvalue weighted by molar-refractivity contribution is -0.232. The van der Waals surface area contributed by atoms with Gasteiger partial charge in [-0.05, 0) is 12.8 Å². The Morgan fingerprint density at radius 1 is 1.19 bits per heavy atom. The van der Waals surface area contributed by atoms with E-state index < -0.39 is 18.1 Å². The minimum atomic E-state index is -1.22. The van der Waals surface area contributed by atoms with E-state index in [2.05, 4.69) is 20.5 Å². The van der Waals surface area contributed by atoms with Gasteiger partial charge in [0, 0.05) is 6.54 Å². The van der Waals surface area contributed by atoms with Crippen molar-refractivity contribution in [3.05, 3.63) is 0 Å². The van der Waals surface area contributed by atoms with Crippen LogP contribution in [0.1, 0.15) is 12.8 Å². The zero-order valence-electron chi connectivity index (χ0n) is 8.59. The van der Waals surface area contributed by atoms with Crippen molar-refractivity contribution < 1.29 is 19.4 Å². The number of nitrogens with two attached hydrogens (primary N) is 4. The molecule has 0 spiro atoms. The lowest BCUT2D eigenvalue weighted by Gasteiger charge is -2.07. The third-order valence-electron chi connectivity index (χ3n) is 1.48. The SMILES string of the molecule is NC(=O)OOC(=O)C(N)CCCN=C(N)N. The van der Waals surface area contributed by atoms with E-state index >= 15 is 0 Å². The number of carbonyl (C=O) groups excluding carboxylic acids is 2. The molecule has 0 saturated carbocycles. The van der Waals surface area contributed by atoms with Gasteiger partial charge in [0.1, 0.15) is 6.04 Å². The lowest BCUT2D eigenvalue weighted by atomic mass is 10.2. The van der Waals surface area contributed by atoms with Crippen LogP contribution in [0.4, 0.5) is 4.79 Å². The summed E-state index contributed by atoms with van der Waals surface area (Å²) < 4.78 is 0. The number of carbonyl (C=O) groups is 2. The van der Waals surface area contributed by atoms with Gasteiger partial charge in [-0.2, -0.15) is 0 Å². The van der Waals surface area contributed by atoms with Crippen molar-refractivity contribution in [3.63, 3.8) is 0 Å². The predicted molar refractivity (Wildman–Crippen MR) is 54.6 cm³/mol. The van der Waals surface area contributed by atoms with Gasteiger partial charge in [0.2, 0.25) is 0 Å². The molecule has 16 heavy (non-hydrogen) atoms. The van der Waals surface area contributed by atoms with Gasteiger partial charge in [-0.15, -0.1) is 0 Å². The molecule has 0 aliphatic carbocycles. The van der Waals surface area contributed by atoms with Crippen LogP contribution in [0.25, 0.3) is 0 Å². The number of guanidine groups is 1. The summed E-state index contributed by atoms with van der Waals surface area (Å²) in [4.78, 5) is 32.6. The van der Waals surface area contributed by atoms with Crippen LogP contribution in [-0.4, -0.2) is 30.6 Å². The van der Waals surface area contributed by atoms with Gasteiger partial charge in [-0.1, -0.05) is 0 Å². The third kappa shape index (κ3) is 7.38. The van der Waals surface area contributed by atoms with Crippen LogP contribution in [0, 0.1) is 0 Å². The van der Waals surface area contributed by atoms with Gasteiger partial charge >= 0.3 is 12.1 Å². The number of rotatable bonds is 5. The van der Waals surface area contributed by atoms with E-state index in [0.717, 1.165) is 0 Å². The van der Waals surface area contributed by atoms with Crippen LogP contribution in [0.3, 0.4) is 0 Å². The second-order valence-corrected chi connectivity index (χ2v) is 2.86. The van der Waals surface area contributed by atoms with Gasteiger partial charge in [0.05, 0.1) is 0 Å². The number of nitrogens with zero attached hydrogens (tertiary/aromatic N) is 1. The quantitative estimate of drug-likeness (QED) is 0.139. The van der Waals surface area contributed by atoms with Gasteiger partial charge in [0.15, 0.2) is 5.96 Å². The average molecular weight is 233 g/mol. The Bertz CT molecular complexity index is 276. The van der Waals surface area contributed by atoms with E-state index in [-0.39, 0.29) is 12.4 Å². The first-order chi connectivity index (χ1) is 7.43. The van der Waals surface area contributed by atoms with Crippen LogP contribution in [0.5, 0.6) is 0 Å². The summed E-state index contributed by atoms with van der Waals surface area (Å²) in [6.07, 6.45) is -0.441. The summed E-state index contributed by atoms with van der Waals surface area (Å²) in [5.74, 6) is -0.920. The molecule has 0 aromatic heterocycles. The fraction of sp³-hybridized carbons (Fsp3) is 0.571. The monoisotopic (exact) mass is 233 g/mol. The van der Waals surface area contributed by atoms with Crippen LogP contribution in [0.2, 0.25) is 0 Å². The normalized spacial score (nSPS) is 11.3. The number of amides is 1. The third-order valence-corrected chi connectivity index (χ3v) is 1.48. The summed E-state index contributed by atoms with van der Waals surface area (Å²) in [6.45, 7) is 0.347. The Labute approximate surface area is 91.7 Å². The molecule has 1 atom stereocenters. The summed E-state index contributed by atoms with van der Waals surface area (Å²) in [5.41, 5.74) is 20.1. The van der Waals surface area contributed by atoms with Gasteiger partial charge in [0.25, 0.3) is 0 Å². The number of hydrogen-bond donors (Lipinski definition) is 4. The Morgan fingerprint density at radius 3 is 2.31 bits per heavy atom. The van der Waals surface area contributed by atoms with Crippen molar-refractivity contribution in [2.45, 2.75) is 18.9 Å². The van der Waals surface area contributed by atoms with Crippen molar-refractivity contribution in [1.29, 1.82) is 0 Å². The second-order valence-electron chi connectivity index (χ2n) is 2.86. The molecule has 0 aliphatic rings. The van der Waals surface area contributed by atoms with Crippen LogP contribution in [0.15, 0.2) is 4.99 Å². The minimum absolute atomic E-state index is 0.0341. The van der Waals surface area contributed by atoms with E-state index in [1.807, 2.05) is 0 Å². The molecule has 0 aliphatic heterocycles. The molecule has 0 saturated heterocycles. The molecule has 8 N–H and O–H groups in total. The Kier molecular flexibility index (Phi) is 6.36. The highest BCUT2D eigenvalue weighted by molar-refractivity contribution is 5.76. The molecule has 0 aromatic carbocycles. The van der Waals surface area contributed by atoms with E-state index in [0.29, 0.717) is 13.0 Å². The first-order valence-corrected chi connectivity index (χ1v) is 4.42. The molecule has 0 fully saturated rings. The maximum atomic E-state index is 11.0. The molecule has 1 amide bonds. The Hall–Kier alpha value is -2.03. The molecule has 0 bridgehead atoms. The summed E-state index contributed by atoms with van der Waals surface area (Å²) in [5, 5.41) is 0. The number of primary amides is 1. The maximum Gasteiger partial charge on any atom is 0.447 e. The van der Waals surface area contributed by atoms with E-state index in [4.69, 9.17) is 17.2 Å². The first-order valence-electron chi connectivity index (χ1n) is 4.42. The lowest BCUT2D eigenvalue weighted by Crippen LogP contribution is -2.33. The van der Waals surface area contributed by atoms with Gasteiger partial charge < -0.3 is 22.9 Å². The zero-order valence-corrected chi connectivity index (χ0v) is 8.59. The standard InChI is InChI=1S/C7H15N5O4/c8-4(2-1-3-12-6(9)10)5(13)15-16-7(11)14/h4H,1-3,8H2,(H2,11,14)(H4,9,10,12). The molecule has 0 aromatic rings. The van der Waals surface area contributed by atoms with E-state index in [9.17, 15) is 9.59 Å². The number of hydrogen-bond acceptors (Lipinski definition) is 6. The molecule has 0 rings (SSSR count). The van der Waals surface area contributed by atoms with Crippen LogP contribution in [-0.2, 0) is 14.6 Å². The number of aliphatic imine (C=N–C) groups is 1. The molecule has 1 unspecified atom stereocenters. The zero-order chi connectivity index (χ0) is 12.6. The van der Waals surface area contributed by atoms with Crippen molar-refractivity contribution in [2.75, 3.05) is 6.54 Å². The highest BCUT2D eigenvalue weighted by atomic mass is 17.2. The smallest absolute Gasteiger partial charge is 0.370 e. The second kappa shape index (κ2) is 7.29. The fourth-order valence-corrected chi connectivity index (χ4v) is 0.781. The van der Waals surface area contributed by atoms with Crippen molar-refractivity contribution in [1.82, 2.24) is 0 Å². The molecule has 92 valence electrons. The van der Waals surface area contributed by atoms with E-state index in [1.165, 1.54) is 0 Å². The molecular formula is C7H15N5O4. The molecule has 9 heteroatoms. The Balaban J connectivity index is 3.71. The largest absolute Gasteiger partial charge is 0.447 e. The molecule has 9 nitrogen and oxygen atoms in total. The fourth-order valence-electron chi connectivity index (χ4n) is 0.781. The Morgan fingerprint density at radius 2 is 1.81 bits per heavy atom. The highest BCUT2D eigenvalue weighted by Crippen LogP contribution is 1.98. The predicted octanol–water partition coefficient (Wildman–Crippen LogP) is -2.08. The minimum Gasteiger partial charge on any atom is -0.370 e. The maximum absolute atomic E-state index is 11.0. The van der Waals surface area contributed by atoms with Gasteiger partial charge in [-0.25, -0.2) is 19.4 Å². The average Bonchev–Trinajstić information content (AvgIpc) is 2.20. The molecule has 0 heterocycles. The first kappa shape index (κ1) is 14.0. The van der Waals surface area contributed by atoms with Crippen molar-refractivity contribution in [3.8, 4) is 0 Å². The van der Waals surface area contributed by atoms with Crippen LogP contribution >= 0.6 is 0 Å². The van der Waals surface area contributed by atoms with E-state index in [1.54, 1.807) is 0 Å².